The van der Waals surface area contributed by atoms with Crippen molar-refractivity contribution in [3.05, 3.63) is 21.2 Å². The standard InChI is InChI=1S/C22H35ClIN3O/c1-22(2,3)13-11-9-7-5-4-6-8-10-12-14-28-17-27-16-19(24)18-15-25-21(23)26-20(18)27/h15-16H,4-14,17H2,1-3H3. The van der Waals surface area contributed by atoms with Crippen LogP contribution in [0, 0.1) is 8.99 Å². The smallest absolute Gasteiger partial charge is 0.224 e. The first-order valence-electron chi connectivity index (χ1n) is 10.6. The lowest BCUT2D eigenvalue weighted by Crippen LogP contribution is -2.04. The first-order valence-corrected chi connectivity index (χ1v) is 12.1. The number of nitrogens with zero attached hydrogens (tertiary/aromatic N) is 3. The number of hydrogen-bond donors (Lipinski definition) is 0. The van der Waals surface area contributed by atoms with Gasteiger partial charge in [-0.3, -0.25) is 0 Å². The maximum absolute atomic E-state index is 5.92. The molecule has 0 atom stereocenters. The molecule has 0 aliphatic carbocycles. The largest absolute Gasteiger partial charge is 0.361 e. The zero-order valence-corrected chi connectivity index (χ0v) is 20.6. The summed E-state index contributed by atoms with van der Waals surface area (Å²) < 4.78 is 8.96. The van der Waals surface area contributed by atoms with E-state index >= 15 is 0 Å². The lowest BCUT2D eigenvalue weighted by atomic mass is 9.89. The van der Waals surface area contributed by atoms with Crippen LogP contribution >= 0.6 is 34.2 Å². The van der Waals surface area contributed by atoms with Crippen LogP contribution in [-0.2, 0) is 11.5 Å². The SMILES string of the molecule is CC(C)(C)CCCCCCCCCCCOCn1cc(I)c2cnc(Cl)nc21. The van der Waals surface area contributed by atoms with Gasteiger partial charge < -0.3 is 9.30 Å². The van der Waals surface area contributed by atoms with Gasteiger partial charge in [-0.1, -0.05) is 72.1 Å². The minimum Gasteiger partial charge on any atom is -0.361 e. The number of rotatable bonds is 13. The third-order valence-corrected chi connectivity index (χ3v) is 6.03. The molecule has 0 aromatic carbocycles. The van der Waals surface area contributed by atoms with Crippen LogP contribution in [0.4, 0.5) is 0 Å². The third-order valence-electron chi connectivity index (χ3n) is 4.98. The maximum Gasteiger partial charge on any atom is 0.224 e. The summed E-state index contributed by atoms with van der Waals surface area (Å²) in [5, 5.41) is 1.30. The van der Waals surface area contributed by atoms with Crippen LogP contribution in [0.15, 0.2) is 12.4 Å². The van der Waals surface area contributed by atoms with Crippen LogP contribution in [0.2, 0.25) is 5.28 Å². The quantitative estimate of drug-likeness (QED) is 0.155. The number of halogens is 2. The summed E-state index contributed by atoms with van der Waals surface area (Å²) in [5.74, 6) is 0. The first kappa shape index (κ1) is 23.9. The minimum absolute atomic E-state index is 0.275. The van der Waals surface area contributed by atoms with E-state index in [4.69, 9.17) is 16.3 Å². The van der Waals surface area contributed by atoms with Crippen LogP contribution in [0.3, 0.4) is 0 Å². The van der Waals surface area contributed by atoms with Crippen molar-refractivity contribution in [2.45, 2.75) is 91.7 Å². The summed E-state index contributed by atoms with van der Waals surface area (Å²) in [6.45, 7) is 8.32. The number of hydrogen-bond acceptors (Lipinski definition) is 3. The van der Waals surface area contributed by atoms with E-state index in [-0.39, 0.29) is 5.28 Å². The van der Waals surface area contributed by atoms with E-state index < -0.39 is 0 Å². The Morgan fingerprint density at radius 1 is 1.00 bits per heavy atom. The molecular formula is C22H35ClIN3O. The monoisotopic (exact) mass is 519 g/mol. The van der Waals surface area contributed by atoms with Crippen LogP contribution in [0.25, 0.3) is 11.0 Å². The Morgan fingerprint density at radius 3 is 2.25 bits per heavy atom. The van der Waals surface area contributed by atoms with Crippen molar-refractivity contribution in [2.24, 2.45) is 5.41 Å². The summed E-state index contributed by atoms with van der Waals surface area (Å²) in [6.07, 6.45) is 17.2. The average molecular weight is 520 g/mol. The fourth-order valence-electron chi connectivity index (χ4n) is 3.37. The molecule has 0 saturated carbocycles. The van der Waals surface area contributed by atoms with Crippen LogP contribution in [-0.4, -0.2) is 21.1 Å². The zero-order valence-electron chi connectivity index (χ0n) is 17.6. The molecule has 0 bridgehead atoms. The van der Waals surface area contributed by atoms with E-state index in [1.54, 1.807) is 6.20 Å². The minimum atomic E-state index is 0.275. The van der Waals surface area contributed by atoms with Gasteiger partial charge in [0.1, 0.15) is 12.4 Å². The van der Waals surface area contributed by atoms with Crippen LogP contribution in [0.1, 0.15) is 85.0 Å². The molecule has 0 aliphatic heterocycles. The van der Waals surface area contributed by atoms with Gasteiger partial charge in [0, 0.05) is 22.6 Å². The molecule has 4 nitrogen and oxygen atoms in total. The van der Waals surface area contributed by atoms with Crippen molar-refractivity contribution < 1.29 is 4.74 Å². The Balaban J connectivity index is 1.47. The third kappa shape index (κ3) is 8.95. The lowest BCUT2D eigenvalue weighted by molar-refractivity contribution is 0.0762. The van der Waals surface area contributed by atoms with Crippen molar-refractivity contribution in [3.8, 4) is 0 Å². The second kappa shape index (κ2) is 12.3. The Labute approximate surface area is 188 Å². The van der Waals surface area contributed by atoms with Gasteiger partial charge in [0.05, 0.1) is 5.39 Å². The van der Waals surface area contributed by atoms with Crippen LogP contribution in [0.5, 0.6) is 0 Å². The molecule has 0 radical (unpaired) electrons. The van der Waals surface area contributed by atoms with Crippen molar-refractivity contribution >= 4 is 45.2 Å². The highest BCUT2D eigenvalue weighted by molar-refractivity contribution is 14.1. The molecular weight excluding hydrogens is 485 g/mol. The summed E-state index contributed by atoms with van der Waals surface area (Å²) in [6, 6.07) is 0. The Hall–Kier alpha value is -0.400. The predicted octanol–water partition coefficient (Wildman–Crippen LogP) is 7.61. The van der Waals surface area contributed by atoms with E-state index in [2.05, 4.69) is 53.3 Å². The van der Waals surface area contributed by atoms with Gasteiger partial charge in [0.25, 0.3) is 0 Å². The molecule has 0 spiro atoms. The average Bonchev–Trinajstić information content (AvgIpc) is 2.93. The molecule has 6 heteroatoms. The van der Waals surface area contributed by atoms with Gasteiger partial charge in [0.15, 0.2) is 0 Å². The number of fused-ring (bicyclic) bond motifs is 1. The van der Waals surface area contributed by atoms with Gasteiger partial charge in [0.2, 0.25) is 5.28 Å². The zero-order chi connectivity index (χ0) is 20.4. The number of aromatic nitrogens is 3. The topological polar surface area (TPSA) is 39.9 Å². The molecule has 0 aliphatic rings. The Morgan fingerprint density at radius 2 is 1.61 bits per heavy atom. The fourth-order valence-corrected chi connectivity index (χ4v) is 4.21. The van der Waals surface area contributed by atoms with Gasteiger partial charge in [-0.2, -0.15) is 4.98 Å². The highest BCUT2D eigenvalue weighted by Gasteiger charge is 2.09. The van der Waals surface area contributed by atoms with Gasteiger partial charge >= 0.3 is 0 Å². The van der Waals surface area contributed by atoms with E-state index in [0.717, 1.165) is 27.6 Å². The molecule has 0 saturated heterocycles. The second-order valence-corrected chi connectivity index (χ2v) is 10.4. The number of unbranched alkanes of at least 4 members (excludes halogenated alkanes) is 8. The molecule has 0 unspecified atom stereocenters. The van der Waals surface area contributed by atoms with Crippen molar-refractivity contribution in [2.75, 3.05) is 6.61 Å². The molecule has 0 fully saturated rings. The molecule has 28 heavy (non-hydrogen) atoms. The second-order valence-electron chi connectivity index (χ2n) is 8.85. The van der Waals surface area contributed by atoms with Crippen molar-refractivity contribution in [1.82, 2.24) is 14.5 Å². The molecule has 2 heterocycles. The fraction of sp³-hybridized carbons (Fsp3) is 0.727. The molecule has 2 rings (SSSR count). The van der Waals surface area contributed by atoms with E-state index in [1.807, 2.05) is 10.8 Å². The Kier molecular flexibility index (Phi) is 10.5. The predicted molar refractivity (Wildman–Crippen MR) is 127 cm³/mol. The molecule has 2 aromatic rings. The number of ether oxygens (including phenoxy) is 1. The van der Waals surface area contributed by atoms with Crippen LogP contribution < -0.4 is 0 Å². The van der Waals surface area contributed by atoms with Gasteiger partial charge in [-0.05, 0) is 52.4 Å². The summed E-state index contributed by atoms with van der Waals surface area (Å²) in [5.41, 5.74) is 1.34. The summed E-state index contributed by atoms with van der Waals surface area (Å²) >= 11 is 8.21. The molecule has 158 valence electrons. The maximum atomic E-state index is 5.92. The van der Waals surface area contributed by atoms with Crippen molar-refractivity contribution in [3.63, 3.8) is 0 Å². The van der Waals surface area contributed by atoms with Gasteiger partial charge in [-0.25, -0.2) is 4.98 Å². The van der Waals surface area contributed by atoms with Gasteiger partial charge in [-0.15, -0.1) is 0 Å². The van der Waals surface area contributed by atoms with E-state index in [0.29, 0.717) is 12.1 Å². The van der Waals surface area contributed by atoms with E-state index in [9.17, 15) is 0 Å². The normalized spacial score (nSPS) is 12.2. The molecule has 0 amide bonds. The van der Waals surface area contributed by atoms with Crippen molar-refractivity contribution in [1.29, 1.82) is 0 Å². The first-order chi connectivity index (χ1) is 13.4. The highest BCUT2D eigenvalue weighted by atomic mass is 127. The van der Waals surface area contributed by atoms with E-state index in [1.165, 1.54) is 57.8 Å². The summed E-state index contributed by atoms with van der Waals surface area (Å²) in [4.78, 5) is 8.37. The lowest BCUT2D eigenvalue weighted by Gasteiger charge is -2.17. The molecule has 0 N–H and O–H groups in total. The highest BCUT2D eigenvalue weighted by Crippen LogP contribution is 2.23. The summed E-state index contributed by atoms with van der Waals surface area (Å²) in [7, 11) is 0. The molecule has 2 aromatic heterocycles. The Bertz CT molecular complexity index is 712.